The number of nitrogens with two attached hydrogens (primary N) is 2. The predicted octanol–water partition coefficient (Wildman–Crippen LogP) is 4.45. The van der Waals surface area contributed by atoms with Gasteiger partial charge in [0.1, 0.15) is 11.3 Å². The van der Waals surface area contributed by atoms with Gasteiger partial charge < -0.3 is 16.2 Å². The highest BCUT2D eigenvalue weighted by molar-refractivity contribution is 6.17. The zero-order valence-electron chi connectivity index (χ0n) is 18.8. The minimum absolute atomic E-state index is 0.399. The van der Waals surface area contributed by atoms with Gasteiger partial charge in [0.15, 0.2) is 11.5 Å². The molecule has 4 aromatic heterocycles. The molecule has 172 valence electrons. The van der Waals surface area contributed by atoms with Crippen molar-refractivity contribution < 1.29 is 4.74 Å². The molecule has 0 atom stereocenters. The summed E-state index contributed by atoms with van der Waals surface area (Å²) in [6, 6.07) is 19.3. The van der Waals surface area contributed by atoms with E-state index in [1.54, 1.807) is 19.5 Å². The number of imidazole rings is 1. The summed E-state index contributed by atoms with van der Waals surface area (Å²) >= 11 is 5.99. The van der Waals surface area contributed by atoms with Crippen LogP contribution >= 0.6 is 11.6 Å². The Hall–Kier alpha value is -4.01. The summed E-state index contributed by atoms with van der Waals surface area (Å²) in [5.74, 6) is 2.01. The highest BCUT2D eigenvalue weighted by Gasteiger charge is 2.19. The fourth-order valence-electron chi connectivity index (χ4n) is 3.62. The van der Waals surface area contributed by atoms with Gasteiger partial charge in [0.05, 0.1) is 23.9 Å². The molecule has 9 heteroatoms. The van der Waals surface area contributed by atoms with Gasteiger partial charge in [-0.15, -0.1) is 11.6 Å². The Kier molecular flexibility index (Phi) is 7.01. The average Bonchev–Trinajstić information content (AvgIpc) is 3.28. The lowest BCUT2D eigenvalue weighted by Crippen LogP contribution is -2.02. The maximum atomic E-state index is 6.20. The van der Waals surface area contributed by atoms with Crippen LogP contribution in [0, 0.1) is 0 Å². The summed E-state index contributed by atoms with van der Waals surface area (Å²) in [6.45, 7) is 0. The molecule has 0 aliphatic carbocycles. The van der Waals surface area contributed by atoms with E-state index in [1.165, 1.54) is 7.05 Å². The zero-order chi connectivity index (χ0) is 24.1. The standard InChI is InChI=1S/C24H19ClN6O.CH5N/c1-32-24-17(4-2-13-28-24)19-10-11-20-23(29-19)31(16-8-6-15(14-25)7-9-16)22(30-20)18-5-3-12-27-21(18)26;1-2/h2-13H,14H2,1H3,(H2,26,27);2H2,1H3. The van der Waals surface area contributed by atoms with Gasteiger partial charge in [0, 0.05) is 24.0 Å². The van der Waals surface area contributed by atoms with E-state index in [1.807, 2.05) is 65.2 Å². The van der Waals surface area contributed by atoms with E-state index >= 15 is 0 Å². The van der Waals surface area contributed by atoms with Crippen LogP contribution in [0.3, 0.4) is 0 Å². The van der Waals surface area contributed by atoms with Gasteiger partial charge in [-0.25, -0.2) is 19.9 Å². The molecule has 0 aliphatic rings. The van der Waals surface area contributed by atoms with Gasteiger partial charge in [-0.05, 0) is 61.1 Å². The number of pyridine rings is 3. The van der Waals surface area contributed by atoms with Crippen molar-refractivity contribution in [3.05, 3.63) is 78.6 Å². The second-order valence-electron chi connectivity index (χ2n) is 7.11. The number of hydrogen-bond donors (Lipinski definition) is 2. The highest BCUT2D eigenvalue weighted by Crippen LogP contribution is 2.33. The molecule has 34 heavy (non-hydrogen) atoms. The number of aromatic nitrogens is 5. The van der Waals surface area contributed by atoms with Crippen molar-refractivity contribution in [2.75, 3.05) is 19.9 Å². The van der Waals surface area contributed by atoms with Crippen molar-refractivity contribution in [1.29, 1.82) is 0 Å². The Labute approximate surface area is 202 Å². The molecule has 0 saturated carbocycles. The smallest absolute Gasteiger partial charge is 0.222 e. The molecule has 0 radical (unpaired) electrons. The molecule has 8 nitrogen and oxygen atoms in total. The SMILES string of the molecule is CN.COc1ncccc1-c1ccc2nc(-c3cccnc3N)n(-c3ccc(CCl)cc3)c2n1. The molecule has 1 aromatic carbocycles. The van der Waals surface area contributed by atoms with E-state index in [4.69, 9.17) is 32.0 Å². The number of nitrogen functional groups attached to an aromatic ring is 1. The number of hydrogen-bond acceptors (Lipinski definition) is 7. The summed E-state index contributed by atoms with van der Waals surface area (Å²) in [5.41, 5.74) is 16.3. The molecule has 0 aliphatic heterocycles. The fraction of sp³-hybridized carbons (Fsp3) is 0.120. The molecule has 0 amide bonds. The van der Waals surface area contributed by atoms with Gasteiger partial charge in [-0.2, -0.15) is 0 Å². The third kappa shape index (κ3) is 4.28. The Morgan fingerprint density at radius 1 is 0.882 bits per heavy atom. The molecule has 5 rings (SSSR count). The van der Waals surface area contributed by atoms with Gasteiger partial charge in [0.2, 0.25) is 5.88 Å². The minimum Gasteiger partial charge on any atom is -0.481 e. The number of fused-ring (bicyclic) bond motifs is 1. The Bertz CT molecular complexity index is 1420. The second-order valence-corrected chi connectivity index (χ2v) is 7.37. The number of benzene rings is 1. The maximum Gasteiger partial charge on any atom is 0.222 e. The summed E-state index contributed by atoms with van der Waals surface area (Å²) in [4.78, 5) is 18.3. The van der Waals surface area contributed by atoms with Crippen LogP contribution in [0.25, 0.3) is 39.5 Å². The molecule has 4 N–H and O–H groups in total. The average molecular weight is 474 g/mol. The molecule has 0 fully saturated rings. The van der Waals surface area contributed by atoms with E-state index in [0.717, 1.165) is 33.6 Å². The summed E-state index contributed by atoms with van der Waals surface area (Å²) in [6.07, 6.45) is 3.35. The van der Waals surface area contributed by atoms with E-state index in [0.29, 0.717) is 29.0 Å². The number of methoxy groups -OCH3 is 1. The van der Waals surface area contributed by atoms with Gasteiger partial charge in [0.25, 0.3) is 0 Å². The minimum atomic E-state index is 0.399. The number of rotatable bonds is 5. The van der Waals surface area contributed by atoms with Crippen LogP contribution in [0.2, 0.25) is 0 Å². The first kappa shape index (κ1) is 23.2. The third-order valence-corrected chi connectivity index (χ3v) is 5.48. The van der Waals surface area contributed by atoms with Gasteiger partial charge in [-0.1, -0.05) is 12.1 Å². The highest BCUT2D eigenvalue weighted by atomic mass is 35.5. The van der Waals surface area contributed by atoms with E-state index in [2.05, 4.69) is 15.7 Å². The Balaban J connectivity index is 0.00000133. The van der Waals surface area contributed by atoms with Crippen molar-refractivity contribution in [2.45, 2.75) is 5.88 Å². The lowest BCUT2D eigenvalue weighted by molar-refractivity contribution is 0.399. The van der Waals surface area contributed by atoms with Crippen molar-refractivity contribution in [2.24, 2.45) is 5.73 Å². The van der Waals surface area contributed by atoms with E-state index in [9.17, 15) is 0 Å². The largest absolute Gasteiger partial charge is 0.481 e. The van der Waals surface area contributed by atoms with Crippen LogP contribution in [0.15, 0.2) is 73.1 Å². The number of halogens is 1. The van der Waals surface area contributed by atoms with Crippen LogP contribution in [-0.2, 0) is 5.88 Å². The van der Waals surface area contributed by atoms with Crippen molar-refractivity contribution in [1.82, 2.24) is 24.5 Å². The van der Waals surface area contributed by atoms with Crippen molar-refractivity contribution in [3.63, 3.8) is 0 Å². The molecule has 0 saturated heterocycles. The number of alkyl halides is 1. The molecule has 0 unspecified atom stereocenters. The van der Waals surface area contributed by atoms with E-state index < -0.39 is 0 Å². The number of nitrogens with zero attached hydrogens (tertiary/aromatic N) is 5. The Morgan fingerprint density at radius 3 is 2.26 bits per heavy atom. The first-order chi connectivity index (χ1) is 16.7. The number of anilines is 1. The van der Waals surface area contributed by atoms with E-state index in [-0.39, 0.29) is 0 Å². The topological polar surface area (TPSA) is 118 Å². The lowest BCUT2D eigenvalue weighted by atomic mass is 10.2. The van der Waals surface area contributed by atoms with Crippen molar-refractivity contribution >= 4 is 28.6 Å². The summed E-state index contributed by atoms with van der Waals surface area (Å²) < 4.78 is 7.41. The molecule has 0 bridgehead atoms. The first-order valence-electron chi connectivity index (χ1n) is 10.5. The van der Waals surface area contributed by atoms with Crippen LogP contribution in [-0.4, -0.2) is 38.7 Å². The lowest BCUT2D eigenvalue weighted by Gasteiger charge is -2.11. The number of ether oxygens (including phenoxy) is 1. The van der Waals surface area contributed by atoms with Crippen molar-refractivity contribution in [3.8, 4) is 34.2 Å². The molecular weight excluding hydrogens is 450 g/mol. The maximum absolute atomic E-state index is 6.20. The van der Waals surface area contributed by atoms with Crippen LogP contribution in [0.4, 0.5) is 5.82 Å². The fourth-order valence-corrected chi connectivity index (χ4v) is 3.80. The molecular formula is C25H24ClN7O. The normalized spacial score (nSPS) is 10.6. The van der Waals surface area contributed by atoms with Crippen LogP contribution in [0.1, 0.15) is 5.56 Å². The quantitative estimate of drug-likeness (QED) is 0.362. The summed E-state index contributed by atoms with van der Waals surface area (Å²) in [5, 5.41) is 0. The second kappa shape index (κ2) is 10.3. The first-order valence-corrected chi connectivity index (χ1v) is 11.1. The molecule has 5 aromatic rings. The Morgan fingerprint density at radius 2 is 1.59 bits per heavy atom. The zero-order valence-corrected chi connectivity index (χ0v) is 19.6. The predicted molar refractivity (Wildman–Crippen MR) is 136 cm³/mol. The van der Waals surface area contributed by atoms with Crippen LogP contribution < -0.4 is 16.2 Å². The third-order valence-electron chi connectivity index (χ3n) is 5.17. The molecule has 0 spiro atoms. The summed E-state index contributed by atoms with van der Waals surface area (Å²) in [7, 11) is 3.09. The van der Waals surface area contributed by atoms with Crippen LogP contribution in [0.5, 0.6) is 5.88 Å². The van der Waals surface area contributed by atoms with Gasteiger partial charge >= 0.3 is 0 Å². The molecule has 4 heterocycles. The van der Waals surface area contributed by atoms with Gasteiger partial charge in [-0.3, -0.25) is 4.57 Å². The monoisotopic (exact) mass is 473 g/mol.